The Morgan fingerprint density at radius 2 is 2.10 bits per heavy atom. The fourth-order valence-corrected chi connectivity index (χ4v) is 3.57. The number of amides is 2. The molecule has 2 amide bonds. The maximum atomic E-state index is 13.7. The molecule has 2 aliphatic heterocycles. The normalized spacial score (nSPS) is 19.7. The van der Waals surface area contributed by atoms with Crippen LogP contribution < -0.4 is 40.3 Å². The van der Waals surface area contributed by atoms with Crippen LogP contribution in [0.15, 0.2) is 29.2 Å². The van der Waals surface area contributed by atoms with Crippen LogP contribution in [0.25, 0.3) is 0 Å². The monoisotopic (exact) mass is 429 g/mol. The van der Waals surface area contributed by atoms with E-state index in [4.69, 9.17) is 4.74 Å². The second-order valence-electron chi connectivity index (χ2n) is 6.99. The van der Waals surface area contributed by atoms with Crippen LogP contribution >= 0.6 is 0 Å². The number of carbonyl (C=O) groups is 2. The summed E-state index contributed by atoms with van der Waals surface area (Å²) in [5, 5.41) is 12.7. The van der Waals surface area contributed by atoms with E-state index in [9.17, 15) is 28.3 Å². The van der Waals surface area contributed by atoms with Crippen molar-refractivity contribution in [3.05, 3.63) is 63.1 Å². The van der Waals surface area contributed by atoms with Gasteiger partial charge in [0, 0.05) is 24.4 Å². The van der Waals surface area contributed by atoms with E-state index in [0.29, 0.717) is 12.7 Å². The summed E-state index contributed by atoms with van der Waals surface area (Å²) < 4.78 is 33.6. The van der Waals surface area contributed by atoms with Crippen LogP contribution in [0.3, 0.4) is 0 Å². The average Bonchev–Trinajstić information content (AvgIpc) is 3.04. The van der Waals surface area contributed by atoms with E-state index in [1.807, 2.05) is 0 Å². The van der Waals surface area contributed by atoms with Gasteiger partial charge >= 0.3 is 29.6 Å². The molecule has 2 aliphatic rings. The largest absolute Gasteiger partial charge is 1.00 e. The summed E-state index contributed by atoms with van der Waals surface area (Å²) in [6.45, 7) is 1.97. The number of hydrogen-bond donors (Lipinski definition) is 2. The van der Waals surface area contributed by atoms with Crippen LogP contribution in [-0.4, -0.2) is 45.3 Å². The summed E-state index contributed by atoms with van der Waals surface area (Å²) >= 11 is 0. The van der Waals surface area contributed by atoms with Gasteiger partial charge in [-0.05, 0) is 13.0 Å². The smallest absolute Gasteiger partial charge is 1.00 e. The zero-order chi connectivity index (χ0) is 20.9. The Morgan fingerprint density at radius 3 is 2.80 bits per heavy atom. The molecule has 1 saturated heterocycles. The van der Waals surface area contributed by atoms with Gasteiger partial charge in [0.15, 0.2) is 17.7 Å². The van der Waals surface area contributed by atoms with Crippen molar-refractivity contribution in [3.8, 4) is 5.75 Å². The standard InChI is InChI=1S/C19H17F2N3O5.Na.H/c1-9-8-29-14-7-23-6-12(16(25)17(26)15(23)19(28)24(9)14)18(27)22-5-10-2-3-11(20)4-13(10)21;;/h2-4,6,9,14,26H,5,7-8H2,1H3,(H,22,27);;/q;+1;-1/t9-,14+;;/m1../s1. The quantitative estimate of drug-likeness (QED) is 0.554. The summed E-state index contributed by atoms with van der Waals surface area (Å²) in [4.78, 5) is 39.1. The van der Waals surface area contributed by atoms with Gasteiger partial charge in [-0.3, -0.25) is 14.4 Å². The van der Waals surface area contributed by atoms with Gasteiger partial charge in [-0.1, -0.05) is 6.07 Å². The summed E-state index contributed by atoms with van der Waals surface area (Å²) in [7, 11) is 0. The number of aromatic hydroxyl groups is 1. The number of nitrogens with zero attached hydrogens (tertiary/aromatic N) is 2. The minimum Gasteiger partial charge on any atom is -1.00 e. The van der Waals surface area contributed by atoms with E-state index in [-0.39, 0.29) is 61.4 Å². The second kappa shape index (κ2) is 8.46. The van der Waals surface area contributed by atoms with Crippen LogP contribution in [0.2, 0.25) is 0 Å². The number of pyridine rings is 1. The molecule has 0 spiro atoms. The van der Waals surface area contributed by atoms with Crippen LogP contribution in [0, 0.1) is 11.6 Å². The molecule has 1 fully saturated rings. The molecule has 8 nitrogen and oxygen atoms in total. The first-order chi connectivity index (χ1) is 13.8. The molecular formula is C19H18F2N3NaO5. The molecule has 11 heteroatoms. The van der Waals surface area contributed by atoms with E-state index in [0.717, 1.165) is 6.07 Å². The number of fused-ring (bicyclic) bond motifs is 2. The first kappa shape index (κ1) is 22.4. The molecule has 0 bridgehead atoms. The molecule has 0 radical (unpaired) electrons. The Bertz CT molecular complexity index is 1100. The topological polar surface area (TPSA) is 101 Å². The van der Waals surface area contributed by atoms with E-state index in [2.05, 4.69) is 5.32 Å². The molecule has 2 N–H and O–H groups in total. The Kier molecular flexibility index (Phi) is 6.32. The molecule has 0 saturated carbocycles. The summed E-state index contributed by atoms with van der Waals surface area (Å²) in [6, 6.07) is 2.70. The molecule has 0 aliphatic carbocycles. The van der Waals surface area contributed by atoms with Crippen molar-refractivity contribution in [2.24, 2.45) is 0 Å². The van der Waals surface area contributed by atoms with Crippen LogP contribution in [0.5, 0.6) is 5.75 Å². The number of benzene rings is 1. The predicted molar refractivity (Wildman–Crippen MR) is 96.4 cm³/mol. The van der Waals surface area contributed by atoms with Gasteiger partial charge in [0.05, 0.1) is 19.2 Å². The molecule has 1 aromatic carbocycles. The molecule has 2 atom stereocenters. The van der Waals surface area contributed by atoms with Gasteiger partial charge in [0.2, 0.25) is 5.43 Å². The van der Waals surface area contributed by atoms with E-state index in [1.54, 1.807) is 6.92 Å². The number of nitrogens with one attached hydrogen (secondary N) is 1. The van der Waals surface area contributed by atoms with Crippen molar-refractivity contribution < 1.29 is 59.2 Å². The van der Waals surface area contributed by atoms with Crippen molar-refractivity contribution in [1.82, 2.24) is 14.8 Å². The predicted octanol–water partition coefficient (Wildman–Crippen LogP) is -1.92. The minimum atomic E-state index is -1.01. The van der Waals surface area contributed by atoms with Gasteiger partial charge in [-0.15, -0.1) is 0 Å². The molecule has 1 aromatic heterocycles. The average molecular weight is 429 g/mol. The van der Waals surface area contributed by atoms with Gasteiger partial charge in [-0.25, -0.2) is 8.78 Å². The van der Waals surface area contributed by atoms with Crippen LogP contribution in [-0.2, 0) is 17.8 Å². The van der Waals surface area contributed by atoms with Crippen molar-refractivity contribution in [2.75, 3.05) is 6.61 Å². The van der Waals surface area contributed by atoms with E-state index < -0.39 is 46.4 Å². The number of rotatable bonds is 3. The molecular weight excluding hydrogens is 411 g/mol. The van der Waals surface area contributed by atoms with Gasteiger partial charge < -0.3 is 26.1 Å². The van der Waals surface area contributed by atoms with Gasteiger partial charge in [-0.2, -0.15) is 0 Å². The first-order valence-corrected chi connectivity index (χ1v) is 8.90. The summed E-state index contributed by atoms with van der Waals surface area (Å²) in [5.74, 6) is -3.83. The second-order valence-corrected chi connectivity index (χ2v) is 6.99. The summed E-state index contributed by atoms with van der Waals surface area (Å²) in [5.41, 5.74) is -1.58. The Balaban J connectivity index is 0.00000171. The number of aromatic nitrogens is 1. The first-order valence-electron chi connectivity index (χ1n) is 8.90. The van der Waals surface area contributed by atoms with Crippen molar-refractivity contribution >= 4 is 11.8 Å². The van der Waals surface area contributed by atoms with Gasteiger partial charge in [0.25, 0.3) is 11.8 Å². The van der Waals surface area contributed by atoms with Crippen molar-refractivity contribution in [2.45, 2.75) is 32.3 Å². The molecule has 0 unspecified atom stereocenters. The third kappa shape index (κ3) is 3.76. The van der Waals surface area contributed by atoms with Crippen molar-refractivity contribution in [1.29, 1.82) is 0 Å². The molecule has 2 aromatic rings. The number of hydrogen-bond acceptors (Lipinski definition) is 5. The maximum Gasteiger partial charge on any atom is 1.00 e. The molecule has 3 heterocycles. The Labute approximate surface area is 193 Å². The number of carbonyl (C=O) groups excluding carboxylic acids is 2. The Hall–Kier alpha value is -2.27. The zero-order valence-corrected chi connectivity index (χ0v) is 18.3. The minimum absolute atomic E-state index is 0. The van der Waals surface area contributed by atoms with Crippen LogP contribution in [0.4, 0.5) is 8.78 Å². The molecule has 154 valence electrons. The Morgan fingerprint density at radius 1 is 1.37 bits per heavy atom. The molecule has 4 rings (SSSR count). The summed E-state index contributed by atoms with van der Waals surface area (Å²) in [6.07, 6.45) is 0.617. The fourth-order valence-electron chi connectivity index (χ4n) is 3.57. The van der Waals surface area contributed by atoms with E-state index >= 15 is 0 Å². The third-order valence-corrected chi connectivity index (χ3v) is 5.06. The third-order valence-electron chi connectivity index (χ3n) is 5.06. The number of halogens is 2. The number of ether oxygens (including phenoxy) is 1. The van der Waals surface area contributed by atoms with Gasteiger partial charge in [0.1, 0.15) is 17.2 Å². The van der Waals surface area contributed by atoms with Crippen LogP contribution in [0.1, 0.15) is 34.8 Å². The van der Waals surface area contributed by atoms with Crippen molar-refractivity contribution in [3.63, 3.8) is 0 Å². The van der Waals surface area contributed by atoms with E-state index in [1.165, 1.54) is 21.7 Å². The maximum absolute atomic E-state index is 13.7. The molecule has 30 heavy (non-hydrogen) atoms. The fraction of sp³-hybridized carbons (Fsp3) is 0.316. The SMILES string of the molecule is C[C@@H]1CO[C@H]2Cn3cc(C(=O)NCc4ccc(F)cc4F)c(=O)c(O)c3C(=O)N12.[H-].[Na+]. The zero-order valence-electron chi connectivity index (χ0n) is 17.3.